The monoisotopic (exact) mass is 1020 g/mol. The topological polar surface area (TPSA) is 78.9 Å². The van der Waals surface area contributed by atoms with E-state index in [1.165, 1.54) is 244 Å². The first-order valence-corrected chi connectivity index (χ1v) is 32.5. The first kappa shape index (κ1) is 70.6. The van der Waals surface area contributed by atoms with Gasteiger partial charge >= 0.3 is 17.9 Å². The van der Waals surface area contributed by atoms with E-state index in [0.717, 1.165) is 70.6 Å². The zero-order valence-corrected chi connectivity index (χ0v) is 49.2. The number of hydrogen-bond donors (Lipinski definition) is 0. The summed E-state index contributed by atoms with van der Waals surface area (Å²) in [5.41, 5.74) is 0. The van der Waals surface area contributed by atoms with Crippen LogP contribution in [-0.4, -0.2) is 37.2 Å². The van der Waals surface area contributed by atoms with Crippen LogP contribution in [0.1, 0.15) is 355 Å². The molecule has 0 aromatic heterocycles. The highest BCUT2D eigenvalue weighted by Crippen LogP contribution is 2.18. The molecule has 0 rings (SSSR count). The maximum Gasteiger partial charge on any atom is 0.306 e. The van der Waals surface area contributed by atoms with Crippen molar-refractivity contribution in [3.63, 3.8) is 0 Å². The number of unbranched alkanes of at least 4 members (excludes halogenated alkanes) is 43. The van der Waals surface area contributed by atoms with Gasteiger partial charge in [0.1, 0.15) is 13.2 Å². The molecule has 6 nitrogen and oxygen atoms in total. The Kier molecular flexibility index (Phi) is 60.2. The largest absolute Gasteiger partial charge is 0.462 e. The zero-order valence-electron chi connectivity index (χ0n) is 49.2. The molecule has 0 saturated heterocycles. The fraction of sp³-hybridized carbons (Fsp3) is 0.866. The normalized spacial score (nSPS) is 12.2. The third-order valence-corrected chi connectivity index (χ3v) is 14.6. The fourth-order valence-corrected chi connectivity index (χ4v) is 9.75. The van der Waals surface area contributed by atoms with E-state index in [2.05, 4.69) is 57.2 Å². The van der Waals surface area contributed by atoms with Gasteiger partial charge in [0, 0.05) is 19.3 Å². The predicted molar refractivity (Wildman–Crippen MR) is 316 cm³/mol. The van der Waals surface area contributed by atoms with Crippen molar-refractivity contribution in [3.8, 4) is 0 Å². The van der Waals surface area contributed by atoms with Gasteiger partial charge < -0.3 is 14.2 Å². The number of carbonyl (C=O) groups excluding carboxylic acids is 3. The van der Waals surface area contributed by atoms with Crippen LogP contribution in [0.2, 0.25) is 0 Å². The summed E-state index contributed by atoms with van der Waals surface area (Å²) in [6, 6.07) is 0. The SMILES string of the molecule is CCCCCCC/C=C\C/C=C\C/C=C\CCCCCCCCCCCCC(=O)OCC(COC(=O)CCCCCCCC)OC(=O)CCCCCCCCCCCCCCCCCCCCCCCCCC. The van der Waals surface area contributed by atoms with Gasteiger partial charge in [-0.25, -0.2) is 0 Å². The molecular formula is C67H124O6. The van der Waals surface area contributed by atoms with Crippen LogP contribution in [0.25, 0.3) is 0 Å². The molecule has 6 heteroatoms. The van der Waals surface area contributed by atoms with E-state index in [-0.39, 0.29) is 31.1 Å². The van der Waals surface area contributed by atoms with Crippen LogP contribution in [0.5, 0.6) is 0 Å². The average Bonchev–Trinajstić information content (AvgIpc) is 3.39. The molecule has 73 heavy (non-hydrogen) atoms. The summed E-state index contributed by atoms with van der Waals surface area (Å²) >= 11 is 0. The maximum absolute atomic E-state index is 12.8. The summed E-state index contributed by atoms with van der Waals surface area (Å²) in [6.07, 6.45) is 76.2. The summed E-state index contributed by atoms with van der Waals surface area (Å²) in [5, 5.41) is 0. The maximum atomic E-state index is 12.8. The van der Waals surface area contributed by atoms with Gasteiger partial charge in [-0.1, -0.05) is 314 Å². The van der Waals surface area contributed by atoms with E-state index in [1.54, 1.807) is 0 Å². The van der Waals surface area contributed by atoms with Crippen LogP contribution in [0.15, 0.2) is 36.5 Å². The van der Waals surface area contributed by atoms with Crippen LogP contribution in [0.3, 0.4) is 0 Å². The van der Waals surface area contributed by atoms with Crippen LogP contribution >= 0.6 is 0 Å². The van der Waals surface area contributed by atoms with Crippen molar-refractivity contribution in [2.45, 2.75) is 361 Å². The second-order valence-electron chi connectivity index (χ2n) is 22.0. The number of allylic oxidation sites excluding steroid dienone is 6. The molecule has 428 valence electrons. The third-order valence-electron chi connectivity index (χ3n) is 14.6. The lowest BCUT2D eigenvalue weighted by molar-refractivity contribution is -0.167. The second kappa shape index (κ2) is 62.2. The molecule has 0 bridgehead atoms. The Hall–Kier alpha value is -2.37. The van der Waals surface area contributed by atoms with Crippen LogP contribution in [0, 0.1) is 0 Å². The Balaban J connectivity index is 4.05. The highest BCUT2D eigenvalue weighted by atomic mass is 16.6. The van der Waals surface area contributed by atoms with E-state index in [1.807, 2.05) is 0 Å². The molecule has 0 heterocycles. The molecule has 0 fully saturated rings. The van der Waals surface area contributed by atoms with E-state index in [4.69, 9.17) is 14.2 Å². The fourth-order valence-electron chi connectivity index (χ4n) is 9.75. The molecule has 1 atom stereocenters. The molecule has 0 saturated carbocycles. The van der Waals surface area contributed by atoms with Gasteiger partial charge in [-0.05, 0) is 57.8 Å². The number of ether oxygens (including phenoxy) is 3. The Bertz CT molecular complexity index is 1220. The molecule has 0 aliphatic heterocycles. The van der Waals surface area contributed by atoms with Gasteiger partial charge in [0.05, 0.1) is 0 Å². The van der Waals surface area contributed by atoms with E-state index < -0.39 is 6.10 Å². The average molecular weight is 1030 g/mol. The summed E-state index contributed by atoms with van der Waals surface area (Å²) in [6.45, 7) is 6.62. The van der Waals surface area contributed by atoms with Gasteiger partial charge in [0.2, 0.25) is 0 Å². The predicted octanol–water partition coefficient (Wildman–Crippen LogP) is 22.0. The lowest BCUT2D eigenvalue weighted by Gasteiger charge is -2.18. The van der Waals surface area contributed by atoms with E-state index in [0.29, 0.717) is 19.3 Å². The summed E-state index contributed by atoms with van der Waals surface area (Å²) in [5.74, 6) is -0.861. The van der Waals surface area contributed by atoms with Crippen molar-refractivity contribution >= 4 is 17.9 Å². The van der Waals surface area contributed by atoms with Crippen molar-refractivity contribution in [3.05, 3.63) is 36.5 Å². The van der Waals surface area contributed by atoms with Crippen LogP contribution < -0.4 is 0 Å². The summed E-state index contributed by atoms with van der Waals surface area (Å²) in [7, 11) is 0. The number of esters is 3. The summed E-state index contributed by atoms with van der Waals surface area (Å²) in [4.78, 5) is 38.0. The van der Waals surface area contributed by atoms with Crippen LogP contribution in [0.4, 0.5) is 0 Å². The highest BCUT2D eigenvalue weighted by molar-refractivity contribution is 5.71. The van der Waals surface area contributed by atoms with Gasteiger partial charge in [-0.3, -0.25) is 14.4 Å². The second-order valence-corrected chi connectivity index (χ2v) is 22.0. The van der Waals surface area contributed by atoms with Crippen molar-refractivity contribution < 1.29 is 28.6 Å². The molecule has 0 N–H and O–H groups in total. The van der Waals surface area contributed by atoms with E-state index >= 15 is 0 Å². The molecule has 0 aromatic carbocycles. The Labute approximate surface area is 455 Å². The minimum Gasteiger partial charge on any atom is -0.462 e. The minimum atomic E-state index is -0.768. The van der Waals surface area contributed by atoms with Gasteiger partial charge in [-0.15, -0.1) is 0 Å². The highest BCUT2D eigenvalue weighted by Gasteiger charge is 2.19. The molecular weight excluding hydrogens is 901 g/mol. The zero-order chi connectivity index (χ0) is 52.9. The minimum absolute atomic E-state index is 0.0696. The molecule has 0 amide bonds. The van der Waals surface area contributed by atoms with E-state index in [9.17, 15) is 14.4 Å². The quantitative estimate of drug-likeness (QED) is 0.0261. The van der Waals surface area contributed by atoms with Crippen molar-refractivity contribution in [2.75, 3.05) is 13.2 Å². The summed E-state index contributed by atoms with van der Waals surface area (Å²) < 4.78 is 16.8. The molecule has 0 radical (unpaired) electrons. The first-order chi connectivity index (χ1) is 36.0. The van der Waals surface area contributed by atoms with Gasteiger partial charge in [0.25, 0.3) is 0 Å². The van der Waals surface area contributed by atoms with Crippen molar-refractivity contribution in [1.29, 1.82) is 0 Å². The lowest BCUT2D eigenvalue weighted by Crippen LogP contribution is -2.30. The van der Waals surface area contributed by atoms with Crippen molar-refractivity contribution in [2.24, 2.45) is 0 Å². The third kappa shape index (κ3) is 60.4. The first-order valence-electron chi connectivity index (χ1n) is 32.5. The molecule has 0 aliphatic carbocycles. The van der Waals surface area contributed by atoms with Gasteiger partial charge in [-0.2, -0.15) is 0 Å². The standard InChI is InChI=1S/C67H124O6/c1-4-7-10-13-16-18-20-22-24-26-28-30-32-34-36-37-39-41-43-45-47-49-51-54-57-60-66(69)72-63-64(62-71-65(68)59-56-53-15-12-9-6-3)73-67(70)61-58-55-52-50-48-46-44-42-40-38-35-33-31-29-27-25-23-21-19-17-14-11-8-5-2/h20,22,26,28,32,34,64H,4-19,21,23-25,27,29-31,33,35-63H2,1-3H3/b22-20-,28-26-,34-32-. The van der Waals surface area contributed by atoms with Gasteiger partial charge in [0.15, 0.2) is 6.10 Å². The number of rotatable bonds is 60. The molecule has 0 spiro atoms. The molecule has 0 aliphatic rings. The Morgan fingerprint density at radius 1 is 0.274 bits per heavy atom. The lowest BCUT2D eigenvalue weighted by atomic mass is 10.0. The number of hydrogen-bond acceptors (Lipinski definition) is 6. The Morgan fingerprint density at radius 3 is 0.767 bits per heavy atom. The molecule has 1 unspecified atom stereocenters. The Morgan fingerprint density at radius 2 is 0.493 bits per heavy atom. The van der Waals surface area contributed by atoms with Crippen molar-refractivity contribution in [1.82, 2.24) is 0 Å². The molecule has 0 aromatic rings. The van der Waals surface area contributed by atoms with Crippen LogP contribution in [-0.2, 0) is 28.6 Å². The number of carbonyl (C=O) groups is 3. The smallest absolute Gasteiger partial charge is 0.306 e.